The molecule has 1 atom stereocenters. The largest absolute Gasteiger partial charge is 0.493 e. The van der Waals surface area contributed by atoms with E-state index in [1.807, 2.05) is 26.1 Å². The minimum absolute atomic E-state index is 0.134. The highest BCUT2D eigenvalue weighted by Gasteiger charge is 2.17. The molecule has 0 radical (unpaired) electrons. The van der Waals surface area contributed by atoms with E-state index in [2.05, 4.69) is 53.9 Å². The van der Waals surface area contributed by atoms with Crippen LogP contribution in [-0.2, 0) is 20.0 Å². The number of hydrogen-bond acceptors (Lipinski definition) is 8. The molecule has 0 spiro atoms. The average Bonchev–Trinajstić information content (AvgIpc) is 3.41. The fourth-order valence-corrected chi connectivity index (χ4v) is 3.57. The summed E-state index contributed by atoms with van der Waals surface area (Å²) in [6.07, 6.45) is 4.37. The molecular formula is C21H22N8O. The Hall–Kier alpha value is -3.75. The summed E-state index contributed by atoms with van der Waals surface area (Å²) < 4.78 is 7.47. The highest BCUT2D eigenvalue weighted by molar-refractivity contribution is 5.86. The number of benzene rings is 1. The maximum atomic E-state index is 5.80. The van der Waals surface area contributed by atoms with Crippen molar-refractivity contribution in [2.45, 2.75) is 25.9 Å². The first-order valence-corrected chi connectivity index (χ1v) is 9.89. The summed E-state index contributed by atoms with van der Waals surface area (Å²) in [6, 6.07) is 9.89. The van der Waals surface area contributed by atoms with Crippen molar-refractivity contribution in [3.05, 3.63) is 59.8 Å². The van der Waals surface area contributed by atoms with Gasteiger partial charge in [-0.2, -0.15) is 10.1 Å². The van der Waals surface area contributed by atoms with E-state index in [-0.39, 0.29) is 6.04 Å². The van der Waals surface area contributed by atoms with E-state index >= 15 is 0 Å². The van der Waals surface area contributed by atoms with Crippen molar-refractivity contribution in [2.24, 2.45) is 7.05 Å². The van der Waals surface area contributed by atoms with Crippen LogP contribution in [0.5, 0.6) is 5.75 Å². The molecule has 9 nitrogen and oxygen atoms in total. The average molecular weight is 402 g/mol. The van der Waals surface area contributed by atoms with E-state index in [4.69, 9.17) is 4.74 Å². The van der Waals surface area contributed by atoms with Gasteiger partial charge in [0.15, 0.2) is 11.6 Å². The summed E-state index contributed by atoms with van der Waals surface area (Å²) in [5, 5.41) is 11.1. The van der Waals surface area contributed by atoms with Crippen LogP contribution in [0.3, 0.4) is 0 Å². The molecule has 0 saturated heterocycles. The van der Waals surface area contributed by atoms with Crippen LogP contribution in [0.15, 0.2) is 42.9 Å². The van der Waals surface area contributed by atoms with E-state index in [1.54, 1.807) is 17.2 Å². The van der Waals surface area contributed by atoms with E-state index in [1.165, 1.54) is 5.56 Å². The quantitative estimate of drug-likeness (QED) is 0.508. The number of aromatic nitrogens is 6. The van der Waals surface area contributed by atoms with Crippen LogP contribution >= 0.6 is 0 Å². The van der Waals surface area contributed by atoms with Gasteiger partial charge in [0, 0.05) is 31.8 Å². The number of ether oxygens (including phenoxy) is 1. The van der Waals surface area contributed by atoms with E-state index in [0.29, 0.717) is 29.7 Å². The molecule has 1 aliphatic rings. The molecule has 1 unspecified atom stereocenters. The molecule has 1 aliphatic heterocycles. The Bertz CT molecular complexity index is 1200. The van der Waals surface area contributed by atoms with Crippen LogP contribution in [0, 0.1) is 0 Å². The predicted octanol–water partition coefficient (Wildman–Crippen LogP) is 2.87. The first-order chi connectivity index (χ1) is 14.7. The lowest BCUT2D eigenvalue weighted by atomic mass is 10.1. The summed E-state index contributed by atoms with van der Waals surface area (Å²) in [5.74, 6) is 2.82. The van der Waals surface area contributed by atoms with Gasteiger partial charge < -0.3 is 15.4 Å². The van der Waals surface area contributed by atoms with Gasteiger partial charge >= 0.3 is 0 Å². The Balaban J connectivity index is 1.42. The van der Waals surface area contributed by atoms with Gasteiger partial charge in [-0.1, -0.05) is 18.2 Å². The molecule has 0 fully saturated rings. The topological polar surface area (TPSA) is 103 Å². The maximum Gasteiger partial charge on any atom is 0.225 e. The third-order valence-electron chi connectivity index (χ3n) is 5.05. The number of nitrogens with one attached hydrogen (secondary N) is 2. The number of fused-ring (bicyclic) bond motifs is 2. The molecule has 2 N–H and O–H groups in total. The van der Waals surface area contributed by atoms with Crippen LogP contribution in [0.1, 0.15) is 29.9 Å². The second-order valence-electron chi connectivity index (χ2n) is 7.27. The fraction of sp³-hybridized carbons (Fsp3) is 0.286. The van der Waals surface area contributed by atoms with Gasteiger partial charge in [0.2, 0.25) is 5.95 Å². The third kappa shape index (κ3) is 3.49. The minimum Gasteiger partial charge on any atom is -0.493 e. The van der Waals surface area contributed by atoms with Crippen LogP contribution in [0.25, 0.3) is 11.0 Å². The predicted molar refractivity (Wildman–Crippen MR) is 113 cm³/mol. The summed E-state index contributed by atoms with van der Waals surface area (Å²) in [7, 11) is 1.84. The zero-order valence-corrected chi connectivity index (χ0v) is 16.8. The smallest absolute Gasteiger partial charge is 0.225 e. The zero-order valence-electron chi connectivity index (χ0n) is 16.8. The zero-order chi connectivity index (χ0) is 20.5. The highest BCUT2D eigenvalue weighted by Crippen LogP contribution is 2.30. The van der Waals surface area contributed by atoms with E-state index in [9.17, 15) is 0 Å². The van der Waals surface area contributed by atoms with E-state index < -0.39 is 0 Å². The number of rotatable bonds is 6. The minimum atomic E-state index is -0.134. The standard InChI is InChI=1S/C21H22N8O/c1-13(19-24-12-29(2)28-19)25-20-17-16(7-4-9-22-17)26-21(27-20)23-11-15-6-3-5-14-8-10-30-18(14)15/h3-7,9,12-13H,8,10-11H2,1-2H3,(H2,23,25,26,27). The van der Waals surface area contributed by atoms with Gasteiger partial charge in [0.1, 0.15) is 17.6 Å². The van der Waals surface area contributed by atoms with Crippen molar-refractivity contribution in [2.75, 3.05) is 17.2 Å². The molecule has 0 bridgehead atoms. The highest BCUT2D eigenvalue weighted by atomic mass is 16.5. The number of anilines is 2. The van der Waals surface area contributed by atoms with E-state index in [0.717, 1.165) is 29.9 Å². The molecule has 5 rings (SSSR count). The lowest BCUT2D eigenvalue weighted by Crippen LogP contribution is -2.13. The fourth-order valence-electron chi connectivity index (χ4n) is 3.57. The van der Waals surface area contributed by atoms with Crippen LogP contribution in [0.4, 0.5) is 11.8 Å². The normalized spacial score (nSPS) is 13.7. The van der Waals surface area contributed by atoms with Crippen molar-refractivity contribution >= 4 is 22.8 Å². The molecule has 4 heterocycles. The molecule has 152 valence electrons. The Morgan fingerprint density at radius 2 is 2.10 bits per heavy atom. The Labute approximate surface area is 173 Å². The summed E-state index contributed by atoms with van der Waals surface area (Å²) in [4.78, 5) is 18.1. The summed E-state index contributed by atoms with van der Waals surface area (Å²) >= 11 is 0. The van der Waals surface area contributed by atoms with Gasteiger partial charge in [-0.25, -0.2) is 9.97 Å². The lowest BCUT2D eigenvalue weighted by molar-refractivity contribution is 0.354. The monoisotopic (exact) mass is 402 g/mol. The molecular weight excluding hydrogens is 380 g/mol. The van der Waals surface area contributed by atoms with Crippen LogP contribution in [-0.4, -0.2) is 36.3 Å². The van der Waals surface area contributed by atoms with Gasteiger partial charge in [-0.05, 0) is 24.6 Å². The van der Waals surface area contributed by atoms with Gasteiger partial charge in [0.25, 0.3) is 0 Å². The molecule has 30 heavy (non-hydrogen) atoms. The number of hydrogen-bond donors (Lipinski definition) is 2. The first kappa shape index (κ1) is 18.3. The number of nitrogens with zero attached hydrogens (tertiary/aromatic N) is 6. The molecule has 0 aliphatic carbocycles. The summed E-state index contributed by atoms with van der Waals surface area (Å²) in [6.45, 7) is 3.30. The van der Waals surface area contributed by atoms with Crippen molar-refractivity contribution in [1.82, 2.24) is 29.7 Å². The van der Waals surface area contributed by atoms with Crippen LogP contribution in [0.2, 0.25) is 0 Å². The Morgan fingerprint density at radius 1 is 1.17 bits per heavy atom. The number of para-hydroxylation sites is 1. The van der Waals surface area contributed by atoms with Crippen molar-refractivity contribution in [3.63, 3.8) is 0 Å². The van der Waals surface area contributed by atoms with Gasteiger partial charge in [0.05, 0.1) is 18.2 Å². The Morgan fingerprint density at radius 3 is 2.97 bits per heavy atom. The summed E-state index contributed by atoms with van der Waals surface area (Å²) in [5.41, 5.74) is 3.81. The van der Waals surface area contributed by atoms with Crippen molar-refractivity contribution < 1.29 is 4.74 Å². The molecule has 0 saturated carbocycles. The first-order valence-electron chi connectivity index (χ1n) is 9.89. The Kier molecular flexibility index (Phi) is 4.62. The molecule has 0 amide bonds. The molecule has 1 aromatic carbocycles. The SMILES string of the molecule is CC(Nc1nc(NCc2cccc3c2OCC3)nc2cccnc12)c1ncn(C)n1. The second-order valence-corrected chi connectivity index (χ2v) is 7.27. The second kappa shape index (κ2) is 7.58. The maximum absolute atomic E-state index is 5.80. The third-order valence-corrected chi connectivity index (χ3v) is 5.05. The number of aryl methyl sites for hydroxylation is 1. The lowest BCUT2D eigenvalue weighted by Gasteiger charge is -2.15. The van der Waals surface area contributed by atoms with Gasteiger partial charge in [-0.15, -0.1) is 0 Å². The molecule has 3 aromatic heterocycles. The molecule has 9 heteroatoms. The van der Waals surface area contributed by atoms with Crippen LogP contribution < -0.4 is 15.4 Å². The van der Waals surface area contributed by atoms with Crippen molar-refractivity contribution in [1.29, 1.82) is 0 Å². The molecule has 4 aromatic rings. The number of pyridine rings is 1. The van der Waals surface area contributed by atoms with Crippen molar-refractivity contribution in [3.8, 4) is 5.75 Å². The van der Waals surface area contributed by atoms with Gasteiger partial charge in [-0.3, -0.25) is 9.67 Å².